The predicted molar refractivity (Wildman–Crippen MR) is 84.8 cm³/mol. The van der Waals surface area contributed by atoms with Crippen molar-refractivity contribution in [3.8, 4) is 0 Å². The van der Waals surface area contributed by atoms with Gasteiger partial charge in [0.15, 0.2) is 0 Å². The highest BCUT2D eigenvalue weighted by molar-refractivity contribution is 5.27. The summed E-state index contributed by atoms with van der Waals surface area (Å²) in [7, 11) is 0. The summed E-state index contributed by atoms with van der Waals surface area (Å²) in [6.45, 7) is 9.56. The maximum absolute atomic E-state index is 3.63. The van der Waals surface area contributed by atoms with Crippen LogP contribution in [0, 0.1) is 11.8 Å². The molecule has 2 nitrogen and oxygen atoms in total. The molecule has 0 bridgehead atoms. The van der Waals surface area contributed by atoms with Crippen molar-refractivity contribution in [2.24, 2.45) is 11.8 Å². The lowest BCUT2D eigenvalue weighted by atomic mass is 10.0. The van der Waals surface area contributed by atoms with E-state index >= 15 is 0 Å². The SMILES string of the molecule is CC1CN(Cc2ccccc2CCNC2CC2)CC1C. The molecular weight excluding hydrogens is 244 g/mol. The van der Waals surface area contributed by atoms with Gasteiger partial charge in [0.2, 0.25) is 0 Å². The Morgan fingerprint density at radius 2 is 1.70 bits per heavy atom. The molecule has 2 unspecified atom stereocenters. The number of hydrogen-bond donors (Lipinski definition) is 1. The third kappa shape index (κ3) is 3.62. The lowest BCUT2D eigenvalue weighted by Gasteiger charge is -2.18. The first-order valence-corrected chi connectivity index (χ1v) is 8.25. The molecule has 2 fully saturated rings. The molecule has 2 atom stereocenters. The minimum atomic E-state index is 0.822. The largest absolute Gasteiger partial charge is 0.314 e. The van der Waals surface area contributed by atoms with Crippen LogP contribution >= 0.6 is 0 Å². The first kappa shape index (κ1) is 14.1. The molecule has 1 saturated heterocycles. The molecule has 1 aliphatic carbocycles. The Bertz CT molecular complexity index is 429. The van der Waals surface area contributed by atoms with Crippen LogP contribution < -0.4 is 5.32 Å². The van der Waals surface area contributed by atoms with E-state index in [0.717, 1.165) is 31.0 Å². The lowest BCUT2D eigenvalue weighted by molar-refractivity contribution is 0.315. The van der Waals surface area contributed by atoms with Crippen molar-refractivity contribution in [3.63, 3.8) is 0 Å². The quantitative estimate of drug-likeness (QED) is 0.856. The number of nitrogens with one attached hydrogen (secondary N) is 1. The molecule has 1 N–H and O–H groups in total. The van der Waals surface area contributed by atoms with E-state index in [2.05, 4.69) is 48.3 Å². The Morgan fingerprint density at radius 3 is 2.35 bits per heavy atom. The van der Waals surface area contributed by atoms with E-state index in [1.807, 2.05) is 0 Å². The predicted octanol–water partition coefficient (Wildman–Crippen LogP) is 3.07. The maximum Gasteiger partial charge on any atom is 0.0236 e. The second-order valence-electron chi connectivity index (χ2n) is 6.90. The smallest absolute Gasteiger partial charge is 0.0236 e. The van der Waals surface area contributed by atoms with Gasteiger partial charge in [-0.15, -0.1) is 0 Å². The number of hydrogen-bond acceptors (Lipinski definition) is 2. The van der Waals surface area contributed by atoms with Gasteiger partial charge in [-0.3, -0.25) is 4.90 Å². The van der Waals surface area contributed by atoms with E-state index in [0.29, 0.717) is 0 Å². The van der Waals surface area contributed by atoms with Crippen LogP contribution in [-0.4, -0.2) is 30.6 Å². The molecule has 1 heterocycles. The molecule has 1 saturated carbocycles. The molecule has 3 rings (SSSR count). The highest BCUT2D eigenvalue weighted by Gasteiger charge is 2.26. The summed E-state index contributed by atoms with van der Waals surface area (Å²) in [5, 5.41) is 3.63. The van der Waals surface area contributed by atoms with Crippen LogP contribution in [-0.2, 0) is 13.0 Å². The Kier molecular flexibility index (Phi) is 4.42. The molecule has 0 spiro atoms. The van der Waals surface area contributed by atoms with Gasteiger partial charge in [-0.2, -0.15) is 0 Å². The lowest BCUT2D eigenvalue weighted by Crippen LogP contribution is -2.23. The van der Waals surface area contributed by atoms with Crippen LogP contribution in [0.5, 0.6) is 0 Å². The standard InChI is InChI=1S/C18H28N2/c1-14-11-20(12-15(14)2)13-17-6-4-3-5-16(17)9-10-19-18-7-8-18/h3-6,14-15,18-19H,7-13H2,1-2H3. The van der Waals surface area contributed by atoms with E-state index in [1.54, 1.807) is 0 Å². The van der Waals surface area contributed by atoms with Gasteiger partial charge in [0.05, 0.1) is 0 Å². The van der Waals surface area contributed by atoms with Crippen LogP contribution in [0.25, 0.3) is 0 Å². The summed E-state index contributed by atoms with van der Waals surface area (Å²) in [6, 6.07) is 9.83. The van der Waals surface area contributed by atoms with Crippen molar-refractivity contribution in [3.05, 3.63) is 35.4 Å². The van der Waals surface area contributed by atoms with Gasteiger partial charge in [0.1, 0.15) is 0 Å². The van der Waals surface area contributed by atoms with Crippen molar-refractivity contribution >= 4 is 0 Å². The zero-order valence-electron chi connectivity index (χ0n) is 12.9. The summed E-state index contributed by atoms with van der Waals surface area (Å²) in [5.41, 5.74) is 3.07. The fourth-order valence-corrected chi connectivity index (χ4v) is 3.27. The molecule has 20 heavy (non-hydrogen) atoms. The summed E-state index contributed by atoms with van der Waals surface area (Å²) in [6.07, 6.45) is 3.93. The number of likely N-dealkylation sites (tertiary alicyclic amines) is 1. The van der Waals surface area contributed by atoms with E-state index in [4.69, 9.17) is 0 Å². The van der Waals surface area contributed by atoms with Crippen LogP contribution in [0.2, 0.25) is 0 Å². The second kappa shape index (κ2) is 6.28. The van der Waals surface area contributed by atoms with Gasteiger partial charge in [-0.25, -0.2) is 0 Å². The Hall–Kier alpha value is -0.860. The molecule has 0 aromatic heterocycles. The van der Waals surface area contributed by atoms with E-state index in [9.17, 15) is 0 Å². The van der Waals surface area contributed by atoms with Crippen molar-refractivity contribution in [1.29, 1.82) is 0 Å². The molecule has 2 aliphatic rings. The zero-order valence-corrected chi connectivity index (χ0v) is 12.9. The van der Waals surface area contributed by atoms with Crippen LogP contribution in [0.1, 0.15) is 37.8 Å². The topological polar surface area (TPSA) is 15.3 Å². The van der Waals surface area contributed by atoms with Gasteiger partial charge < -0.3 is 5.32 Å². The third-order valence-electron chi connectivity index (χ3n) is 4.98. The average Bonchev–Trinajstić information content (AvgIpc) is 3.19. The van der Waals surface area contributed by atoms with Gasteiger partial charge in [-0.05, 0) is 48.8 Å². The second-order valence-corrected chi connectivity index (χ2v) is 6.90. The number of benzene rings is 1. The van der Waals surface area contributed by atoms with Crippen molar-refractivity contribution in [2.75, 3.05) is 19.6 Å². The molecule has 2 heteroatoms. The van der Waals surface area contributed by atoms with Gasteiger partial charge in [0.25, 0.3) is 0 Å². The fraction of sp³-hybridized carbons (Fsp3) is 0.667. The Labute approximate surface area is 123 Å². The van der Waals surface area contributed by atoms with Crippen molar-refractivity contribution in [2.45, 2.75) is 45.7 Å². The minimum absolute atomic E-state index is 0.822. The van der Waals surface area contributed by atoms with Gasteiger partial charge in [0, 0.05) is 25.7 Å². The normalized spacial score (nSPS) is 27.1. The highest BCUT2D eigenvalue weighted by Crippen LogP contribution is 2.25. The molecule has 1 aromatic rings. The Balaban J connectivity index is 1.57. The number of rotatable bonds is 6. The third-order valence-corrected chi connectivity index (χ3v) is 4.98. The van der Waals surface area contributed by atoms with Crippen molar-refractivity contribution < 1.29 is 0 Å². The molecule has 0 amide bonds. The molecule has 110 valence electrons. The molecule has 1 aromatic carbocycles. The first-order valence-electron chi connectivity index (χ1n) is 8.25. The number of nitrogens with zero attached hydrogens (tertiary/aromatic N) is 1. The Morgan fingerprint density at radius 1 is 1.05 bits per heavy atom. The fourth-order valence-electron chi connectivity index (χ4n) is 3.27. The summed E-state index contributed by atoms with van der Waals surface area (Å²) in [5.74, 6) is 1.69. The average molecular weight is 272 g/mol. The maximum atomic E-state index is 3.63. The molecular formula is C18H28N2. The van der Waals surface area contributed by atoms with Gasteiger partial charge >= 0.3 is 0 Å². The summed E-state index contributed by atoms with van der Waals surface area (Å²) >= 11 is 0. The van der Waals surface area contributed by atoms with E-state index in [1.165, 1.54) is 43.5 Å². The summed E-state index contributed by atoms with van der Waals surface area (Å²) < 4.78 is 0. The van der Waals surface area contributed by atoms with Crippen LogP contribution in [0.3, 0.4) is 0 Å². The molecule has 1 aliphatic heterocycles. The highest BCUT2D eigenvalue weighted by atomic mass is 15.1. The first-order chi connectivity index (χ1) is 9.72. The van der Waals surface area contributed by atoms with E-state index < -0.39 is 0 Å². The molecule has 0 radical (unpaired) electrons. The van der Waals surface area contributed by atoms with E-state index in [-0.39, 0.29) is 0 Å². The summed E-state index contributed by atoms with van der Waals surface area (Å²) in [4.78, 5) is 2.63. The minimum Gasteiger partial charge on any atom is -0.314 e. The van der Waals surface area contributed by atoms with Gasteiger partial charge in [-0.1, -0.05) is 38.1 Å². The van der Waals surface area contributed by atoms with Crippen LogP contribution in [0.4, 0.5) is 0 Å². The zero-order chi connectivity index (χ0) is 13.9. The monoisotopic (exact) mass is 272 g/mol. The van der Waals surface area contributed by atoms with Crippen LogP contribution in [0.15, 0.2) is 24.3 Å². The van der Waals surface area contributed by atoms with Crippen molar-refractivity contribution in [1.82, 2.24) is 10.2 Å².